The molecule has 2 aliphatic rings. The number of ether oxygens (including phenoxy) is 1. The van der Waals surface area contributed by atoms with E-state index < -0.39 is 0 Å². The molecule has 0 N–H and O–H groups in total. The topological polar surface area (TPSA) is 42.4 Å². The number of rotatable bonds is 2. The first-order valence-electron chi connectivity index (χ1n) is 6.00. The summed E-state index contributed by atoms with van der Waals surface area (Å²) in [5.74, 6) is 0.204. The second-order valence-corrected chi connectivity index (χ2v) is 4.94. The van der Waals surface area contributed by atoms with Crippen molar-refractivity contribution in [3.63, 3.8) is 0 Å². The first kappa shape index (κ1) is 10.7. The van der Waals surface area contributed by atoms with Gasteiger partial charge in [-0.25, -0.2) is 0 Å². The lowest BCUT2D eigenvalue weighted by Crippen LogP contribution is -2.72. The van der Waals surface area contributed by atoms with Crippen molar-refractivity contribution in [3.05, 3.63) is 29.6 Å². The Kier molecular flexibility index (Phi) is 2.40. The molecular weight excluding hydrogens is 216 g/mol. The summed E-state index contributed by atoms with van der Waals surface area (Å²) in [6.45, 7) is 4.25. The van der Waals surface area contributed by atoms with Crippen LogP contribution in [0.25, 0.3) is 0 Å². The predicted octanol–water partition coefficient (Wildman–Crippen LogP) is 0.934. The van der Waals surface area contributed by atoms with Crippen LogP contribution in [0.2, 0.25) is 0 Å². The SMILES string of the molecule is Cc1ncccc1CC(=O)N1CCC12COC2. The van der Waals surface area contributed by atoms with Crippen LogP contribution in [-0.4, -0.2) is 41.1 Å². The summed E-state index contributed by atoms with van der Waals surface area (Å²) in [5, 5.41) is 0. The van der Waals surface area contributed by atoms with Crippen LogP contribution >= 0.6 is 0 Å². The molecule has 0 aliphatic carbocycles. The maximum absolute atomic E-state index is 12.2. The first-order valence-corrected chi connectivity index (χ1v) is 6.00. The molecule has 1 aromatic heterocycles. The van der Waals surface area contributed by atoms with Gasteiger partial charge in [0, 0.05) is 18.4 Å². The lowest BCUT2D eigenvalue weighted by molar-refractivity contribution is -0.199. The Balaban J connectivity index is 1.70. The van der Waals surface area contributed by atoms with E-state index >= 15 is 0 Å². The van der Waals surface area contributed by atoms with Crippen LogP contribution in [0, 0.1) is 6.92 Å². The number of pyridine rings is 1. The quantitative estimate of drug-likeness (QED) is 0.762. The van der Waals surface area contributed by atoms with E-state index in [2.05, 4.69) is 4.98 Å². The van der Waals surface area contributed by atoms with Crippen molar-refractivity contribution in [2.45, 2.75) is 25.3 Å². The van der Waals surface area contributed by atoms with Gasteiger partial charge < -0.3 is 9.64 Å². The number of carbonyl (C=O) groups is 1. The maximum Gasteiger partial charge on any atom is 0.227 e. The summed E-state index contributed by atoms with van der Waals surface area (Å²) in [4.78, 5) is 18.4. The number of aryl methyl sites for hydroxylation is 1. The molecule has 2 saturated heterocycles. The molecule has 0 radical (unpaired) electrons. The first-order chi connectivity index (χ1) is 8.21. The van der Waals surface area contributed by atoms with Crippen LogP contribution in [0.4, 0.5) is 0 Å². The smallest absolute Gasteiger partial charge is 0.227 e. The molecule has 17 heavy (non-hydrogen) atoms. The zero-order chi connectivity index (χ0) is 11.9. The van der Waals surface area contributed by atoms with E-state index in [1.165, 1.54) is 0 Å². The molecule has 0 saturated carbocycles. The fourth-order valence-corrected chi connectivity index (χ4v) is 2.53. The molecule has 0 bridgehead atoms. The van der Waals surface area contributed by atoms with Gasteiger partial charge in [0.25, 0.3) is 0 Å². The molecule has 4 heteroatoms. The lowest BCUT2D eigenvalue weighted by Gasteiger charge is -2.57. The van der Waals surface area contributed by atoms with Gasteiger partial charge in [0.2, 0.25) is 5.91 Å². The van der Waals surface area contributed by atoms with Gasteiger partial charge in [-0.3, -0.25) is 9.78 Å². The fourth-order valence-electron chi connectivity index (χ4n) is 2.53. The Morgan fingerprint density at radius 1 is 1.59 bits per heavy atom. The Morgan fingerprint density at radius 3 is 2.94 bits per heavy atom. The summed E-state index contributed by atoms with van der Waals surface area (Å²) in [5.41, 5.74) is 2.02. The van der Waals surface area contributed by atoms with Gasteiger partial charge in [-0.15, -0.1) is 0 Å². The zero-order valence-electron chi connectivity index (χ0n) is 9.98. The number of hydrogen-bond donors (Lipinski definition) is 0. The van der Waals surface area contributed by atoms with E-state index in [0.717, 1.165) is 24.2 Å². The third-order valence-corrected chi connectivity index (χ3v) is 3.87. The maximum atomic E-state index is 12.2. The predicted molar refractivity (Wildman–Crippen MR) is 62.6 cm³/mol. The summed E-state index contributed by atoms with van der Waals surface area (Å²) in [6.07, 6.45) is 3.31. The Hall–Kier alpha value is -1.42. The molecule has 0 unspecified atom stereocenters. The Labute approximate surface area is 101 Å². The van der Waals surface area contributed by atoms with Gasteiger partial charge in [0.15, 0.2) is 0 Å². The van der Waals surface area contributed by atoms with Gasteiger partial charge in [0.05, 0.1) is 25.2 Å². The van der Waals surface area contributed by atoms with Crippen LogP contribution in [0.3, 0.4) is 0 Å². The largest absolute Gasteiger partial charge is 0.376 e. The molecule has 0 aromatic carbocycles. The van der Waals surface area contributed by atoms with Crippen molar-refractivity contribution in [2.24, 2.45) is 0 Å². The summed E-state index contributed by atoms with van der Waals surface area (Å²) >= 11 is 0. The van der Waals surface area contributed by atoms with Crippen LogP contribution in [0.1, 0.15) is 17.7 Å². The second-order valence-electron chi connectivity index (χ2n) is 4.94. The number of likely N-dealkylation sites (tertiary alicyclic amines) is 1. The third-order valence-electron chi connectivity index (χ3n) is 3.87. The molecule has 1 amide bonds. The third kappa shape index (κ3) is 1.63. The van der Waals surface area contributed by atoms with Crippen molar-refractivity contribution in [2.75, 3.05) is 19.8 Å². The molecule has 2 aliphatic heterocycles. The Bertz CT molecular complexity index is 449. The number of nitrogens with zero attached hydrogens (tertiary/aromatic N) is 2. The minimum atomic E-state index is 0.0488. The van der Waals surface area contributed by atoms with Crippen LogP contribution in [-0.2, 0) is 16.0 Å². The van der Waals surface area contributed by atoms with Gasteiger partial charge in [-0.2, -0.15) is 0 Å². The molecule has 1 spiro atoms. The molecule has 2 fully saturated rings. The van der Waals surface area contributed by atoms with Crippen molar-refractivity contribution in [3.8, 4) is 0 Å². The molecule has 3 heterocycles. The summed E-state index contributed by atoms with van der Waals surface area (Å²) < 4.78 is 5.23. The highest BCUT2D eigenvalue weighted by atomic mass is 16.5. The van der Waals surface area contributed by atoms with E-state index in [4.69, 9.17) is 4.74 Å². The molecule has 1 aromatic rings. The lowest BCUT2D eigenvalue weighted by atomic mass is 9.82. The van der Waals surface area contributed by atoms with Crippen LogP contribution in [0.5, 0.6) is 0 Å². The molecular formula is C13H16N2O2. The fraction of sp³-hybridized carbons (Fsp3) is 0.538. The van der Waals surface area contributed by atoms with Crippen molar-refractivity contribution < 1.29 is 9.53 Å². The molecule has 4 nitrogen and oxygen atoms in total. The van der Waals surface area contributed by atoms with E-state index in [1.807, 2.05) is 24.0 Å². The summed E-state index contributed by atoms with van der Waals surface area (Å²) in [6, 6.07) is 3.86. The van der Waals surface area contributed by atoms with Crippen molar-refractivity contribution in [1.82, 2.24) is 9.88 Å². The number of hydrogen-bond acceptors (Lipinski definition) is 3. The monoisotopic (exact) mass is 232 g/mol. The number of amides is 1. The minimum Gasteiger partial charge on any atom is -0.376 e. The van der Waals surface area contributed by atoms with Crippen LogP contribution in [0.15, 0.2) is 18.3 Å². The van der Waals surface area contributed by atoms with Crippen molar-refractivity contribution >= 4 is 5.91 Å². The summed E-state index contributed by atoms with van der Waals surface area (Å²) in [7, 11) is 0. The average molecular weight is 232 g/mol. The van der Waals surface area contributed by atoms with Gasteiger partial charge in [0.1, 0.15) is 0 Å². The molecule has 0 atom stereocenters. The van der Waals surface area contributed by atoms with Gasteiger partial charge in [-0.1, -0.05) is 6.07 Å². The van der Waals surface area contributed by atoms with Gasteiger partial charge >= 0.3 is 0 Å². The molecule has 90 valence electrons. The highest BCUT2D eigenvalue weighted by molar-refractivity contribution is 5.81. The Morgan fingerprint density at radius 2 is 2.41 bits per heavy atom. The normalized spacial score (nSPS) is 20.9. The number of aromatic nitrogens is 1. The van der Waals surface area contributed by atoms with Crippen LogP contribution < -0.4 is 0 Å². The van der Waals surface area contributed by atoms with E-state index in [-0.39, 0.29) is 11.4 Å². The van der Waals surface area contributed by atoms with E-state index in [0.29, 0.717) is 19.6 Å². The zero-order valence-corrected chi connectivity index (χ0v) is 9.98. The van der Waals surface area contributed by atoms with E-state index in [9.17, 15) is 4.79 Å². The second kappa shape index (κ2) is 3.81. The highest BCUT2D eigenvalue weighted by Gasteiger charge is 2.52. The molecule has 3 rings (SSSR count). The van der Waals surface area contributed by atoms with Crippen molar-refractivity contribution in [1.29, 1.82) is 0 Å². The number of carbonyl (C=O) groups excluding carboxylic acids is 1. The van der Waals surface area contributed by atoms with E-state index in [1.54, 1.807) is 6.20 Å². The highest BCUT2D eigenvalue weighted by Crippen LogP contribution is 2.37. The standard InChI is InChI=1S/C13H16N2O2/c1-10-11(3-2-5-14-10)7-12(16)15-6-4-13(15)8-17-9-13/h2-3,5H,4,6-9H2,1H3. The average Bonchev–Trinajstić information content (AvgIpc) is 2.17. The minimum absolute atomic E-state index is 0.0488. The van der Waals surface area contributed by atoms with Gasteiger partial charge in [-0.05, 0) is 25.0 Å².